The van der Waals surface area contributed by atoms with Crippen LogP contribution in [0.1, 0.15) is 33.6 Å². The van der Waals surface area contributed by atoms with Crippen LogP contribution >= 0.6 is 0 Å². The van der Waals surface area contributed by atoms with Crippen LogP contribution in [0.2, 0.25) is 0 Å². The maximum atomic E-state index is 5.36. The molecule has 4 N–H and O–H groups in total. The highest BCUT2D eigenvalue weighted by atomic mass is 15.4. The highest BCUT2D eigenvalue weighted by molar-refractivity contribution is 5.43. The summed E-state index contributed by atoms with van der Waals surface area (Å²) in [4.78, 5) is 14.5. The fraction of sp³-hybridized carbons (Fsp3) is 0.727. The Morgan fingerprint density at radius 1 is 1.17 bits per heavy atom. The summed E-state index contributed by atoms with van der Waals surface area (Å²) in [5, 5.41) is 3.30. The number of nitrogens with zero attached hydrogens (tertiary/aromatic N) is 4. The summed E-state index contributed by atoms with van der Waals surface area (Å²) in [7, 11) is 3.74. The lowest BCUT2D eigenvalue weighted by Gasteiger charge is -2.26. The van der Waals surface area contributed by atoms with Crippen molar-refractivity contribution >= 4 is 17.8 Å². The SMILES string of the molecule is CCCC(C)(C)Nc1nc(NN)nc(N(C)C)n1. The van der Waals surface area contributed by atoms with Crippen molar-refractivity contribution in [2.24, 2.45) is 5.84 Å². The lowest BCUT2D eigenvalue weighted by atomic mass is 9.99. The number of rotatable bonds is 6. The molecule has 1 rings (SSSR count). The van der Waals surface area contributed by atoms with E-state index >= 15 is 0 Å². The summed E-state index contributed by atoms with van der Waals surface area (Å²) in [5.41, 5.74) is 2.39. The lowest BCUT2D eigenvalue weighted by Crippen LogP contribution is -2.32. The molecule has 0 unspecified atom stereocenters. The van der Waals surface area contributed by atoms with E-state index in [2.05, 4.69) is 46.5 Å². The highest BCUT2D eigenvalue weighted by Gasteiger charge is 2.18. The zero-order chi connectivity index (χ0) is 13.8. The Balaban J connectivity index is 2.97. The maximum Gasteiger partial charge on any atom is 0.243 e. The second kappa shape index (κ2) is 5.81. The molecule has 102 valence electrons. The fourth-order valence-electron chi connectivity index (χ4n) is 1.68. The topological polar surface area (TPSA) is 92.0 Å². The Morgan fingerprint density at radius 3 is 2.28 bits per heavy atom. The zero-order valence-corrected chi connectivity index (χ0v) is 11.8. The summed E-state index contributed by atoms with van der Waals surface area (Å²) in [5.74, 6) is 6.80. The van der Waals surface area contributed by atoms with Gasteiger partial charge in [0.2, 0.25) is 17.8 Å². The fourth-order valence-corrected chi connectivity index (χ4v) is 1.68. The molecule has 0 saturated carbocycles. The van der Waals surface area contributed by atoms with Gasteiger partial charge in [0.15, 0.2) is 0 Å². The van der Waals surface area contributed by atoms with Crippen molar-refractivity contribution < 1.29 is 0 Å². The summed E-state index contributed by atoms with van der Waals surface area (Å²) in [6, 6.07) is 0. The highest BCUT2D eigenvalue weighted by Crippen LogP contribution is 2.18. The van der Waals surface area contributed by atoms with Gasteiger partial charge in [-0.25, -0.2) is 5.84 Å². The van der Waals surface area contributed by atoms with Gasteiger partial charge in [-0.3, -0.25) is 5.43 Å². The van der Waals surface area contributed by atoms with Crippen LogP contribution in [0.15, 0.2) is 0 Å². The van der Waals surface area contributed by atoms with Crippen LogP contribution in [0.4, 0.5) is 17.8 Å². The van der Waals surface area contributed by atoms with Gasteiger partial charge in [-0.15, -0.1) is 0 Å². The van der Waals surface area contributed by atoms with Crippen LogP contribution in [0, 0.1) is 0 Å². The van der Waals surface area contributed by atoms with E-state index in [4.69, 9.17) is 5.84 Å². The van der Waals surface area contributed by atoms with Gasteiger partial charge in [0, 0.05) is 19.6 Å². The third-order valence-corrected chi connectivity index (χ3v) is 2.48. The third-order valence-electron chi connectivity index (χ3n) is 2.48. The number of hydrogen-bond donors (Lipinski definition) is 3. The first-order chi connectivity index (χ1) is 8.38. The molecule has 0 saturated heterocycles. The van der Waals surface area contributed by atoms with E-state index in [1.54, 1.807) is 4.90 Å². The average Bonchev–Trinajstić information content (AvgIpc) is 2.27. The van der Waals surface area contributed by atoms with Crippen molar-refractivity contribution in [3.8, 4) is 0 Å². The molecule has 7 heteroatoms. The molecule has 0 aromatic carbocycles. The molecule has 0 aliphatic carbocycles. The van der Waals surface area contributed by atoms with Crippen LogP contribution in [0.5, 0.6) is 0 Å². The number of hydrazine groups is 1. The van der Waals surface area contributed by atoms with Gasteiger partial charge in [-0.2, -0.15) is 15.0 Å². The first kappa shape index (κ1) is 14.4. The molecule has 1 heterocycles. The van der Waals surface area contributed by atoms with Crippen LogP contribution < -0.4 is 21.5 Å². The standard InChI is InChI=1S/C11H23N7/c1-6-7-11(2,3)16-8-13-9(17-12)15-10(14-8)18(4)5/h6-7,12H2,1-5H3,(H2,13,14,15,16,17). The minimum Gasteiger partial charge on any atom is -0.349 e. The van der Waals surface area contributed by atoms with Gasteiger partial charge in [0.1, 0.15) is 0 Å². The largest absolute Gasteiger partial charge is 0.349 e. The minimum atomic E-state index is -0.0639. The van der Waals surface area contributed by atoms with Gasteiger partial charge in [-0.05, 0) is 20.3 Å². The Bertz CT molecular complexity index is 389. The first-order valence-corrected chi connectivity index (χ1v) is 6.06. The van der Waals surface area contributed by atoms with Crippen molar-refractivity contribution in [3.05, 3.63) is 0 Å². The second-order valence-corrected chi connectivity index (χ2v) is 5.08. The molecule has 7 nitrogen and oxygen atoms in total. The molecule has 0 bridgehead atoms. The summed E-state index contributed by atoms with van der Waals surface area (Å²) >= 11 is 0. The van der Waals surface area contributed by atoms with E-state index in [1.165, 1.54) is 0 Å². The molecule has 0 spiro atoms. The van der Waals surface area contributed by atoms with Crippen LogP contribution in [-0.4, -0.2) is 34.6 Å². The van der Waals surface area contributed by atoms with Gasteiger partial charge in [-0.1, -0.05) is 13.3 Å². The molecular weight excluding hydrogens is 230 g/mol. The molecule has 0 fully saturated rings. The summed E-state index contributed by atoms with van der Waals surface area (Å²) in [6.07, 6.45) is 2.12. The van der Waals surface area contributed by atoms with Gasteiger partial charge >= 0.3 is 0 Å². The van der Waals surface area contributed by atoms with E-state index in [0.717, 1.165) is 12.8 Å². The van der Waals surface area contributed by atoms with Gasteiger partial charge in [0.25, 0.3) is 0 Å². The monoisotopic (exact) mass is 253 g/mol. The van der Waals surface area contributed by atoms with Crippen molar-refractivity contribution in [2.45, 2.75) is 39.2 Å². The molecule has 18 heavy (non-hydrogen) atoms. The predicted molar refractivity (Wildman–Crippen MR) is 74.6 cm³/mol. The normalized spacial score (nSPS) is 11.2. The number of nitrogens with two attached hydrogens (primary N) is 1. The summed E-state index contributed by atoms with van der Waals surface area (Å²) < 4.78 is 0. The van der Waals surface area contributed by atoms with E-state index < -0.39 is 0 Å². The molecule has 0 amide bonds. The van der Waals surface area contributed by atoms with Gasteiger partial charge < -0.3 is 10.2 Å². The number of nitrogen functional groups attached to an aromatic ring is 1. The Morgan fingerprint density at radius 2 is 1.78 bits per heavy atom. The number of anilines is 3. The van der Waals surface area contributed by atoms with Crippen LogP contribution in [-0.2, 0) is 0 Å². The quantitative estimate of drug-likeness (QED) is 0.518. The lowest BCUT2D eigenvalue weighted by molar-refractivity contribution is 0.506. The molecule has 0 aliphatic rings. The smallest absolute Gasteiger partial charge is 0.243 e. The second-order valence-electron chi connectivity index (χ2n) is 5.08. The third kappa shape index (κ3) is 3.99. The number of aromatic nitrogens is 3. The number of nitrogens with one attached hydrogen (secondary N) is 2. The van der Waals surface area contributed by atoms with E-state index in [-0.39, 0.29) is 5.54 Å². The molecular formula is C11H23N7. The van der Waals surface area contributed by atoms with E-state index in [1.807, 2.05) is 14.1 Å². The molecule has 1 aromatic rings. The van der Waals surface area contributed by atoms with Crippen molar-refractivity contribution in [2.75, 3.05) is 29.7 Å². The molecule has 0 aliphatic heterocycles. The average molecular weight is 253 g/mol. The number of hydrogen-bond acceptors (Lipinski definition) is 7. The maximum absolute atomic E-state index is 5.36. The van der Waals surface area contributed by atoms with Crippen molar-refractivity contribution in [1.82, 2.24) is 15.0 Å². The Labute approximate surface area is 108 Å². The molecule has 1 aromatic heterocycles. The van der Waals surface area contributed by atoms with E-state index in [9.17, 15) is 0 Å². The van der Waals surface area contributed by atoms with E-state index in [0.29, 0.717) is 17.8 Å². The van der Waals surface area contributed by atoms with Crippen molar-refractivity contribution in [1.29, 1.82) is 0 Å². The Hall–Kier alpha value is -1.63. The molecule has 0 radical (unpaired) electrons. The predicted octanol–water partition coefficient (Wildman–Crippen LogP) is 1.21. The van der Waals surface area contributed by atoms with Crippen molar-refractivity contribution in [3.63, 3.8) is 0 Å². The van der Waals surface area contributed by atoms with Crippen LogP contribution in [0.3, 0.4) is 0 Å². The van der Waals surface area contributed by atoms with Crippen LogP contribution in [0.25, 0.3) is 0 Å². The zero-order valence-electron chi connectivity index (χ0n) is 11.8. The Kier molecular flexibility index (Phi) is 4.66. The molecule has 0 atom stereocenters. The minimum absolute atomic E-state index is 0.0639. The summed E-state index contributed by atoms with van der Waals surface area (Å²) in [6.45, 7) is 6.38. The van der Waals surface area contributed by atoms with Gasteiger partial charge in [0.05, 0.1) is 0 Å². The first-order valence-electron chi connectivity index (χ1n) is 6.06.